The molecule has 0 aromatic rings. The first-order valence-electron chi connectivity index (χ1n) is 13.1. The van der Waals surface area contributed by atoms with Gasteiger partial charge in [-0.15, -0.1) is 0 Å². The molecular weight excluding hydrogens is 501 g/mol. The maximum atomic E-state index is 12.4. The number of ether oxygens (including phenoxy) is 2. The molecule has 0 amide bonds. The van der Waals surface area contributed by atoms with Crippen molar-refractivity contribution in [3.05, 3.63) is 0 Å². The second kappa shape index (κ2) is 7.46. The minimum atomic E-state index is -2.54. The topological polar surface area (TPSA) is 105 Å². The van der Waals surface area contributed by atoms with Crippen LogP contribution in [0.2, 0.25) is 50.4 Å². The van der Waals surface area contributed by atoms with Crippen molar-refractivity contribution in [2.45, 2.75) is 76.0 Å². The lowest BCUT2D eigenvalue weighted by Crippen LogP contribution is -2.57. The van der Waals surface area contributed by atoms with Crippen LogP contribution in [0.1, 0.15) is 25.7 Å². The van der Waals surface area contributed by atoms with E-state index in [0.29, 0.717) is 11.1 Å². The Labute approximate surface area is 209 Å². The number of rotatable bonds is 6. The first-order valence-corrected chi connectivity index (χ1v) is 21.9. The molecule has 6 rings (SSSR count). The van der Waals surface area contributed by atoms with Gasteiger partial charge in [0.05, 0.1) is 23.7 Å². The van der Waals surface area contributed by atoms with Crippen molar-refractivity contribution in [2.75, 3.05) is 0 Å². The summed E-state index contributed by atoms with van der Waals surface area (Å²) in [7, 11) is -7.03. The zero-order valence-electron chi connectivity index (χ0n) is 21.4. The Hall–Kier alpha value is -1.15. The van der Waals surface area contributed by atoms with E-state index in [9.17, 15) is 19.2 Å². The molecule has 4 aliphatic carbocycles. The first-order chi connectivity index (χ1) is 16.2. The number of carbonyl (C=O) groups excluding carboxylic acids is 4. The van der Waals surface area contributed by atoms with Crippen molar-refractivity contribution < 1.29 is 36.9 Å². The highest BCUT2D eigenvalue weighted by molar-refractivity contribution is 6.88. The van der Waals surface area contributed by atoms with Crippen LogP contribution in [0.25, 0.3) is 0 Å². The lowest BCUT2D eigenvalue weighted by Gasteiger charge is -2.46. The third-order valence-electron chi connectivity index (χ3n) is 10.3. The van der Waals surface area contributed by atoms with E-state index in [1.54, 1.807) is 0 Å². The van der Waals surface area contributed by atoms with Crippen LogP contribution < -0.4 is 0 Å². The van der Waals surface area contributed by atoms with Gasteiger partial charge < -0.3 is 17.7 Å². The molecule has 35 heavy (non-hydrogen) atoms. The molecule has 4 saturated carbocycles. The maximum absolute atomic E-state index is 12.4. The standard InChI is InChI=1S/C24H36O8Si3/c1-33(2,15-9-11-7-13(15)19-17(11)21(25)29-23(19)27)31-35(5,6)32-34(3,4)16-10-12-8-14(16)20-18(12)22(26)30-24(20)28/h11-20H,7-10H2,1-6H3/t11-,12-,13+,14+,15+,16+,17+,18+,19-,20-/m0/s1. The van der Waals surface area contributed by atoms with Crippen molar-refractivity contribution in [2.24, 2.45) is 47.3 Å². The van der Waals surface area contributed by atoms with Gasteiger partial charge in [0.15, 0.2) is 16.6 Å². The van der Waals surface area contributed by atoms with Crippen LogP contribution in [0.5, 0.6) is 0 Å². The van der Waals surface area contributed by atoms with Crippen LogP contribution >= 0.6 is 0 Å². The molecular formula is C24H36O8Si3. The lowest BCUT2D eigenvalue weighted by atomic mass is 9.81. The molecule has 8 nitrogen and oxygen atoms in total. The third kappa shape index (κ3) is 3.48. The van der Waals surface area contributed by atoms with Crippen molar-refractivity contribution >= 4 is 49.1 Å². The molecule has 2 saturated heterocycles. The number of hydrogen-bond acceptors (Lipinski definition) is 8. The molecule has 11 heteroatoms. The van der Waals surface area contributed by atoms with Gasteiger partial charge >= 0.3 is 32.4 Å². The SMILES string of the molecule is C[Si](C)(O[Si](C)(C)[C@@H]1C[C@@H]2C[C@H]1[C@@H]1C(=O)OC(=O)[C@H]21)O[Si](C)(C)[C@@H]1C[C@@H]2C[C@H]1[C@@H]1C(=O)OC(=O)[C@H]21. The van der Waals surface area contributed by atoms with Gasteiger partial charge in [0, 0.05) is 0 Å². The van der Waals surface area contributed by atoms with Crippen molar-refractivity contribution in [1.29, 1.82) is 0 Å². The number of esters is 4. The van der Waals surface area contributed by atoms with Crippen LogP contribution in [0.3, 0.4) is 0 Å². The van der Waals surface area contributed by atoms with E-state index in [1.165, 1.54) is 0 Å². The predicted octanol–water partition coefficient (Wildman–Crippen LogP) is 3.58. The molecule has 0 unspecified atom stereocenters. The lowest BCUT2D eigenvalue weighted by molar-refractivity contribution is -0.156. The van der Waals surface area contributed by atoms with E-state index in [-0.39, 0.29) is 71.2 Å². The fourth-order valence-electron chi connectivity index (χ4n) is 9.55. The van der Waals surface area contributed by atoms with Crippen LogP contribution in [-0.4, -0.2) is 49.1 Å². The van der Waals surface area contributed by atoms with Gasteiger partial charge in [0.1, 0.15) is 0 Å². The molecule has 10 atom stereocenters. The van der Waals surface area contributed by atoms with Crippen LogP contribution in [-0.2, 0) is 36.9 Å². The smallest absolute Gasteiger partial charge is 0.317 e. The first kappa shape index (κ1) is 24.2. The van der Waals surface area contributed by atoms with E-state index in [0.717, 1.165) is 25.7 Å². The predicted molar refractivity (Wildman–Crippen MR) is 131 cm³/mol. The van der Waals surface area contributed by atoms with Crippen LogP contribution in [0.15, 0.2) is 0 Å². The molecule has 0 spiro atoms. The fraction of sp³-hybridized carbons (Fsp3) is 0.833. The van der Waals surface area contributed by atoms with Gasteiger partial charge in [-0.05, 0) is 99.7 Å². The molecule has 0 N–H and O–H groups in total. The number of cyclic esters (lactones) is 4. The van der Waals surface area contributed by atoms with Crippen LogP contribution in [0, 0.1) is 47.3 Å². The highest BCUT2D eigenvalue weighted by atomic mass is 28.5. The summed E-state index contributed by atoms with van der Waals surface area (Å²) in [5, 5.41) is 0. The Morgan fingerprint density at radius 2 is 0.914 bits per heavy atom. The minimum Gasteiger partial charge on any atom is -0.436 e. The Morgan fingerprint density at radius 1 is 0.571 bits per heavy atom. The largest absolute Gasteiger partial charge is 0.436 e. The second-order valence-corrected chi connectivity index (χ2v) is 25.7. The zero-order valence-corrected chi connectivity index (χ0v) is 24.4. The molecule has 6 fully saturated rings. The minimum absolute atomic E-state index is 0.175. The third-order valence-corrected chi connectivity index (χ3v) is 23.3. The van der Waals surface area contributed by atoms with Crippen molar-refractivity contribution in [3.63, 3.8) is 0 Å². The summed E-state index contributed by atoms with van der Waals surface area (Å²) in [5.74, 6) is -1.53. The van der Waals surface area contributed by atoms with E-state index >= 15 is 0 Å². The Kier molecular flexibility index (Phi) is 5.16. The fourth-order valence-corrected chi connectivity index (χ4v) is 25.9. The monoisotopic (exact) mass is 536 g/mol. The van der Waals surface area contributed by atoms with Gasteiger partial charge in [-0.25, -0.2) is 0 Å². The van der Waals surface area contributed by atoms with E-state index in [4.69, 9.17) is 17.7 Å². The van der Waals surface area contributed by atoms with Crippen molar-refractivity contribution in [1.82, 2.24) is 0 Å². The normalized spacial score (nSPS) is 44.2. The Bertz CT molecular complexity index is 946. The molecule has 2 heterocycles. The number of fused-ring (bicyclic) bond motifs is 10. The highest BCUT2D eigenvalue weighted by Gasteiger charge is 2.68. The van der Waals surface area contributed by atoms with Gasteiger partial charge in [-0.3, -0.25) is 19.2 Å². The molecule has 192 valence electrons. The van der Waals surface area contributed by atoms with Gasteiger partial charge in [-0.1, -0.05) is 0 Å². The molecule has 0 aromatic heterocycles. The van der Waals surface area contributed by atoms with Gasteiger partial charge in [0.25, 0.3) is 0 Å². The summed E-state index contributed by atoms with van der Waals surface area (Å²) in [6.45, 7) is 13.2. The van der Waals surface area contributed by atoms with E-state index < -0.39 is 25.2 Å². The Balaban J connectivity index is 1.15. The van der Waals surface area contributed by atoms with E-state index in [1.807, 2.05) is 0 Å². The van der Waals surface area contributed by atoms with Crippen LogP contribution in [0.4, 0.5) is 0 Å². The van der Waals surface area contributed by atoms with Gasteiger partial charge in [0.2, 0.25) is 0 Å². The van der Waals surface area contributed by atoms with E-state index in [2.05, 4.69) is 39.3 Å². The summed E-state index contributed by atoms with van der Waals surface area (Å²) >= 11 is 0. The summed E-state index contributed by atoms with van der Waals surface area (Å²) in [6.07, 6.45) is 3.72. The zero-order chi connectivity index (χ0) is 25.2. The molecule has 4 bridgehead atoms. The number of hydrogen-bond donors (Lipinski definition) is 0. The summed E-state index contributed by atoms with van der Waals surface area (Å²) in [6, 6.07) is 0. The van der Waals surface area contributed by atoms with Crippen molar-refractivity contribution in [3.8, 4) is 0 Å². The summed E-state index contributed by atoms with van der Waals surface area (Å²) < 4.78 is 23.9. The average molecular weight is 537 g/mol. The maximum Gasteiger partial charge on any atom is 0.317 e. The molecule has 6 aliphatic rings. The average Bonchev–Trinajstić information content (AvgIpc) is 3.51. The Morgan fingerprint density at radius 3 is 1.29 bits per heavy atom. The molecule has 2 aliphatic heterocycles. The molecule has 0 aromatic carbocycles. The molecule has 0 radical (unpaired) electrons. The highest BCUT2D eigenvalue weighted by Crippen LogP contribution is 2.65. The summed E-state index contributed by atoms with van der Waals surface area (Å²) in [4.78, 5) is 49.1. The van der Waals surface area contributed by atoms with Gasteiger partial charge in [-0.2, -0.15) is 0 Å². The second-order valence-electron chi connectivity index (χ2n) is 13.4. The number of carbonyl (C=O) groups is 4. The summed E-state index contributed by atoms with van der Waals surface area (Å²) in [5.41, 5.74) is 0.629. The quantitative estimate of drug-likeness (QED) is 0.288.